The fourth-order valence-corrected chi connectivity index (χ4v) is 2.44. The fraction of sp³-hybridized carbons (Fsp3) is 0.0455. The van der Waals surface area contributed by atoms with Crippen molar-refractivity contribution in [3.63, 3.8) is 0 Å². The van der Waals surface area contributed by atoms with Crippen molar-refractivity contribution in [1.82, 2.24) is 4.98 Å². The first-order valence-electron chi connectivity index (χ1n) is 8.02. The molecular weight excluding hydrogens is 322 g/mol. The van der Waals surface area contributed by atoms with E-state index in [1.807, 2.05) is 54.6 Å². The summed E-state index contributed by atoms with van der Waals surface area (Å²) in [6.45, 7) is 0.394. The molecule has 0 saturated carbocycles. The van der Waals surface area contributed by atoms with Gasteiger partial charge in [0.05, 0.1) is 17.2 Å². The van der Waals surface area contributed by atoms with E-state index in [2.05, 4.69) is 17.1 Å². The first kappa shape index (κ1) is 17.0. The number of rotatable bonds is 5. The molecule has 0 bridgehead atoms. The van der Waals surface area contributed by atoms with E-state index >= 15 is 0 Å². The van der Waals surface area contributed by atoms with Gasteiger partial charge < -0.3 is 4.74 Å². The minimum absolute atomic E-state index is 0.394. The van der Waals surface area contributed by atoms with Gasteiger partial charge in [-0.25, -0.2) is 0 Å². The largest absolute Gasteiger partial charge is 0.489 e. The monoisotopic (exact) mass is 337 g/mol. The Hall–Kier alpha value is -3.89. The molecule has 124 valence electrons. The van der Waals surface area contributed by atoms with Crippen LogP contribution < -0.4 is 4.74 Å². The molecule has 0 aliphatic rings. The van der Waals surface area contributed by atoms with Crippen molar-refractivity contribution in [2.24, 2.45) is 0 Å². The maximum absolute atomic E-state index is 9.11. The first-order valence-corrected chi connectivity index (χ1v) is 8.02. The third-order valence-corrected chi connectivity index (χ3v) is 3.75. The summed E-state index contributed by atoms with van der Waals surface area (Å²) in [5, 5.41) is 18.1. The summed E-state index contributed by atoms with van der Waals surface area (Å²) in [6.07, 6.45) is 7.03. The van der Waals surface area contributed by atoms with Crippen LogP contribution in [0.2, 0.25) is 0 Å². The lowest BCUT2D eigenvalue weighted by Crippen LogP contribution is -1.95. The molecule has 4 heteroatoms. The Bertz CT molecular complexity index is 1030. The average Bonchev–Trinajstić information content (AvgIpc) is 2.71. The molecule has 3 rings (SSSR count). The van der Waals surface area contributed by atoms with Crippen molar-refractivity contribution in [2.45, 2.75) is 6.61 Å². The minimum Gasteiger partial charge on any atom is -0.489 e. The van der Waals surface area contributed by atoms with Crippen LogP contribution in [0.4, 0.5) is 0 Å². The molecule has 0 atom stereocenters. The van der Waals surface area contributed by atoms with E-state index in [1.54, 1.807) is 24.5 Å². The maximum Gasteiger partial charge on any atom is 0.120 e. The third-order valence-electron chi connectivity index (χ3n) is 3.75. The zero-order valence-corrected chi connectivity index (χ0v) is 14.0. The van der Waals surface area contributed by atoms with Crippen molar-refractivity contribution < 1.29 is 4.74 Å². The lowest BCUT2D eigenvalue weighted by atomic mass is 10.1. The van der Waals surface area contributed by atoms with Gasteiger partial charge in [-0.3, -0.25) is 4.98 Å². The molecule has 0 amide bonds. The van der Waals surface area contributed by atoms with Gasteiger partial charge in [0, 0.05) is 12.4 Å². The highest BCUT2D eigenvalue weighted by Gasteiger charge is 2.00. The van der Waals surface area contributed by atoms with Crippen LogP contribution in [-0.2, 0) is 6.61 Å². The van der Waals surface area contributed by atoms with Crippen LogP contribution in [0, 0.1) is 22.7 Å². The molecule has 1 heterocycles. The molecule has 0 radical (unpaired) electrons. The molecule has 0 aliphatic heterocycles. The highest BCUT2D eigenvalue weighted by Crippen LogP contribution is 2.18. The summed E-state index contributed by atoms with van der Waals surface area (Å²) in [6, 6.07) is 21.1. The predicted octanol–water partition coefficient (Wildman–Crippen LogP) is 4.57. The molecular formula is C22H15N3O. The molecule has 26 heavy (non-hydrogen) atoms. The lowest BCUT2D eigenvalue weighted by molar-refractivity contribution is 0.306. The first-order chi connectivity index (χ1) is 12.8. The highest BCUT2D eigenvalue weighted by molar-refractivity contribution is 5.72. The van der Waals surface area contributed by atoms with E-state index in [0.717, 1.165) is 22.4 Å². The van der Waals surface area contributed by atoms with Gasteiger partial charge in [-0.1, -0.05) is 36.4 Å². The van der Waals surface area contributed by atoms with Gasteiger partial charge in [0.25, 0.3) is 0 Å². The molecule has 3 aromatic rings. The number of aromatic nitrogens is 1. The average molecular weight is 337 g/mol. The van der Waals surface area contributed by atoms with Crippen LogP contribution >= 0.6 is 0 Å². The van der Waals surface area contributed by atoms with E-state index in [0.29, 0.717) is 17.7 Å². The molecule has 0 saturated heterocycles. The summed E-state index contributed by atoms with van der Waals surface area (Å²) in [5.74, 6) is 0.741. The highest BCUT2D eigenvalue weighted by atomic mass is 16.5. The summed E-state index contributed by atoms with van der Waals surface area (Å²) in [5.41, 5.74) is 3.89. The predicted molar refractivity (Wildman–Crippen MR) is 99.8 cm³/mol. The molecule has 0 aliphatic carbocycles. The van der Waals surface area contributed by atoms with Gasteiger partial charge in [0.15, 0.2) is 0 Å². The van der Waals surface area contributed by atoms with E-state index in [-0.39, 0.29) is 0 Å². The van der Waals surface area contributed by atoms with Crippen molar-refractivity contribution in [3.8, 4) is 17.9 Å². The third kappa shape index (κ3) is 4.35. The van der Waals surface area contributed by atoms with Gasteiger partial charge >= 0.3 is 0 Å². The van der Waals surface area contributed by atoms with Crippen LogP contribution in [-0.4, -0.2) is 4.98 Å². The van der Waals surface area contributed by atoms with Crippen LogP contribution in [0.1, 0.15) is 27.8 Å². The number of nitriles is 2. The molecule has 1 aromatic heterocycles. The van der Waals surface area contributed by atoms with Crippen LogP contribution in [0.5, 0.6) is 5.75 Å². The van der Waals surface area contributed by atoms with Crippen LogP contribution in [0.15, 0.2) is 67.0 Å². The van der Waals surface area contributed by atoms with Gasteiger partial charge in [-0.15, -0.1) is 0 Å². The molecule has 4 nitrogen and oxygen atoms in total. The number of benzene rings is 2. The van der Waals surface area contributed by atoms with E-state index in [4.69, 9.17) is 15.3 Å². The number of hydrogen-bond acceptors (Lipinski definition) is 4. The number of hydrogen-bond donors (Lipinski definition) is 0. The second kappa shape index (κ2) is 8.28. The molecule has 0 unspecified atom stereocenters. The standard InChI is InChI=1S/C22H15N3O/c23-13-18-4-1-5-19(11-18)16-26-22-6-2-3-17(12-22)7-8-20-9-10-25-15-21(20)14-24/h1-12,15H,16H2/b8-7+. The second-order valence-electron chi connectivity index (χ2n) is 5.58. The Morgan fingerprint density at radius 2 is 1.85 bits per heavy atom. The number of pyridine rings is 1. The van der Waals surface area contributed by atoms with Crippen molar-refractivity contribution >= 4 is 12.2 Å². The summed E-state index contributed by atoms with van der Waals surface area (Å²) < 4.78 is 5.82. The maximum atomic E-state index is 9.11. The molecule has 2 aromatic carbocycles. The summed E-state index contributed by atoms with van der Waals surface area (Å²) in [4.78, 5) is 3.95. The lowest BCUT2D eigenvalue weighted by Gasteiger charge is -2.07. The van der Waals surface area contributed by atoms with E-state index in [9.17, 15) is 0 Å². The second-order valence-corrected chi connectivity index (χ2v) is 5.58. The Morgan fingerprint density at radius 3 is 2.69 bits per heavy atom. The van der Waals surface area contributed by atoms with Crippen LogP contribution in [0.3, 0.4) is 0 Å². The Morgan fingerprint density at radius 1 is 0.962 bits per heavy atom. The number of ether oxygens (including phenoxy) is 1. The topological polar surface area (TPSA) is 69.7 Å². The van der Waals surface area contributed by atoms with Gasteiger partial charge in [-0.05, 0) is 47.0 Å². The van der Waals surface area contributed by atoms with E-state index < -0.39 is 0 Å². The SMILES string of the molecule is N#Cc1cccc(COc2cccc(/C=C/c3ccncc3C#N)c2)c1. The molecule has 0 N–H and O–H groups in total. The van der Waals surface area contributed by atoms with Crippen molar-refractivity contribution in [1.29, 1.82) is 10.5 Å². The summed E-state index contributed by atoms with van der Waals surface area (Å²) >= 11 is 0. The van der Waals surface area contributed by atoms with Gasteiger partial charge in [0.2, 0.25) is 0 Å². The van der Waals surface area contributed by atoms with Crippen molar-refractivity contribution in [3.05, 3.63) is 94.8 Å². The minimum atomic E-state index is 0.394. The Kier molecular flexibility index (Phi) is 5.40. The van der Waals surface area contributed by atoms with E-state index in [1.165, 1.54) is 0 Å². The van der Waals surface area contributed by atoms with Crippen LogP contribution in [0.25, 0.3) is 12.2 Å². The van der Waals surface area contributed by atoms with Crippen molar-refractivity contribution in [2.75, 3.05) is 0 Å². The van der Waals surface area contributed by atoms with Gasteiger partial charge in [-0.2, -0.15) is 10.5 Å². The number of nitrogens with zero attached hydrogens (tertiary/aromatic N) is 3. The Labute approximate surface area is 152 Å². The Balaban J connectivity index is 1.71. The zero-order valence-electron chi connectivity index (χ0n) is 14.0. The quantitative estimate of drug-likeness (QED) is 0.683. The molecule has 0 fully saturated rings. The fourth-order valence-electron chi connectivity index (χ4n) is 2.44. The smallest absolute Gasteiger partial charge is 0.120 e. The molecule has 0 spiro atoms. The zero-order chi connectivity index (χ0) is 18.2. The summed E-state index contributed by atoms with van der Waals surface area (Å²) in [7, 11) is 0. The van der Waals surface area contributed by atoms with Gasteiger partial charge in [0.1, 0.15) is 18.4 Å². The normalized spacial score (nSPS) is 10.2.